The fourth-order valence-electron chi connectivity index (χ4n) is 3.76. The maximum absolute atomic E-state index is 13.2. The van der Waals surface area contributed by atoms with Crippen molar-refractivity contribution in [2.24, 2.45) is 0 Å². The number of ketones is 1. The monoisotopic (exact) mass is 432 g/mol. The van der Waals surface area contributed by atoms with E-state index in [4.69, 9.17) is 0 Å². The highest BCUT2D eigenvalue weighted by Crippen LogP contribution is 2.28. The Hall–Kier alpha value is -3.19. The summed E-state index contributed by atoms with van der Waals surface area (Å²) in [6, 6.07) is 11.4. The van der Waals surface area contributed by atoms with Crippen LogP contribution in [0.15, 0.2) is 59.0 Å². The van der Waals surface area contributed by atoms with Gasteiger partial charge in [-0.15, -0.1) is 16.8 Å². The maximum Gasteiger partial charge on any atom is 0.263 e. The largest absolute Gasteiger partial charge is 0.293 e. The lowest BCUT2D eigenvalue weighted by Gasteiger charge is -2.14. The Morgan fingerprint density at radius 2 is 1.84 bits per heavy atom. The smallest absolute Gasteiger partial charge is 0.263 e. The molecule has 0 aliphatic carbocycles. The van der Waals surface area contributed by atoms with Gasteiger partial charge in [0.15, 0.2) is 10.9 Å². The summed E-state index contributed by atoms with van der Waals surface area (Å²) >= 11 is 1.35. The highest BCUT2D eigenvalue weighted by molar-refractivity contribution is 8.00. The van der Waals surface area contributed by atoms with Crippen LogP contribution in [0.2, 0.25) is 0 Å². The summed E-state index contributed by atoms with van der Waals surface area (Å²) in [5.74, 6) is 0.485. The second kappa shape index (κ2) is 8.15. The van der Waals surface area contributed by atoms with Crippen LogP contribution < -0.4 is 5.56 Å². The Bertz CT molecular complexity index is 1400. The highest BCUT2D eigenvalue weighted by atomic mass is 32.2. The summed E-state index contributed by atoms with van der Waals surface area (Å²) in [4.78, 5) is 26.2. The Morgan fingerprint density at radius 1 is 1.13 bits per heavy atom. The maximum atomic E-state index is 13.2. The number of allylic oxidation sites excluding steroid dienone is 1. The predicted octanol–water partition coefficient (Wildman–Crippen LogP) is 4.52. The van der Waals surface area contributed by atoms with Crippen LogP contribution in [0.3, 0.4) is 0 Å². The summed E-state index contributed by atoms with van der Waals surface area (Å²) in [7, 11) is 0. The molecule has 0 amide bonds. The molecule has 0 aliphatic rings. The van der Waals surface area contributed by atoms with Gasteiger partial charge in [-0.2, -0.15) is 0 Å². The molecule has 0 saturated heterocycles. The lowest BCUT2D eigenvalue weighted by Crippen LogP contribution is -2.23. The molecule has 0 bridgehead atoms. The molecule has 0 N–H and O–H groups in total. The Kier molecular flexibility index (Phi) is 5.54. The average molecular weight is 433 g/mol. The van der Waals surface area contributed by atoms with Crippen LogP contribution >= 0.6 is 11.8 Å². The zero-order valence-corrected chi connectivity index (χ0v) is 18.9. The van der Waals surface area contributed by atoms with E-state index in [1.807, 2.05) is 62.4 Å². The van der Waals surface area contributed by atoms with Crippen molar-refractivity contribution in [1.82, 2.24) is 19.2 Å². The molecule has 0 spiro atoms. The molecule has 0 aliphatic heterocycles. The molecule has 6 nitrogen and oxygen atoms in total. The molecule has 31 heavy (non-hydrogen) atoms. The first-order chi connectivity index (χ1) is 14.8. The number of carbonyl (C=O) groups excluding carboxylic acids is 1. The van der Waals surface area contributed by atoms with Crippen LogP contribution in [0.25, 0.3) is 16.7 Å². The van der Waals surface area contributed by atoms with Crippen LogP contribution in [-0.4, -0.2) is 30.2 Å². The van der Waals surface area contributed by atoms with Gasteiger partial charge in [0, 0.05) is 12.1 Å². The number of benzene rings is 2. The summed E-state index contributed by atoms with van der Waals surface area (Å²) in [5.41, 5.74) is 4.55. The number of aromatic nitrogens is 4. The lowest BCUT2D eigenvalue weighted by atomic mass is 9.97. The third kappa shape index (κ3) is 3.59. The number of thioether (sulfide) groups is 1. The second-order valence-corrected chi connectivity index (χ2v) is 9.02. The molecular weight excluding hydrogens is 408 g/mol. The van der Waals surface area contributed by atoms with E-state index in [1.165, 1.54) is 17.3 Å². The fourth-order valence-corrected chi connectivity index (χ4v) is 4.68. The van der Waals surface area contributed by atoms with Gasteiger partial charge in [0.2, 0.25) is 5.78 Å². The van der Waals surface area contributed by atoms with Crippen molar-refractivity contribution < 1.29 is 4.79 Å². The van der Waals surface area contributed by atoms with Gasteiger partial charge in [-0.3, -0.25) is 18.6 Å². The minimum absolute atomic E-state index is 0.0473. The zero-order chi connectivity index (χ0) is 22.3. The molecule has 4 rings (SSSR count). The third-order valence-corrected chi connectivity index (χ3v) is 6.59. The molecular formula is C24H24N4O2S. The molecule has 0 fully saturated rings. The van der Waals surface area contributed by atoms with Gasteiger partial charge in [0.1, 0.15) is 0 Å². The van der Waals surface area contributed by atoms with E-state index < -0.39 is 0 Å². The van der Waals surface area contributed by atoms with E-state index in [-0.39, 0.29) is 16.6 Å². The van der Waals surface area contributed by atoms with E-state index in [0.29, 0.717) is 22.9 Å². The molecule has 7 heteroatoms. The minimum Gasteiger partial charge on any atom is -0.293 e. The van der Waals surface area contributed by atoms with E-state index in [2.05, 4.69) is 16.8 Å². The van der Waals surface area contributed by atoms with Crippen LogP contribution in [0.1, 0.15) is 34.0 Å². The van der Waals surface area contributed by atoms with E-state index in [0.717, 1.165) is 22.2 Å². The van der Waals surface area contributed by atoms with Crippen LogP contribution in [0, 0.1) is 20.8 Å². The van der Waals surface area contributed by atoms with Gasteiger partial charge in [0.25, 0.3) is 5.56 Å². The van der Waals surface area contributed by atoms with Crippen molar-refractivity contribution >= 4 is 34.2 Å². The van der Waals surface area contributed by atoms with Gasteiger partial charge in [-0.25, -0.2) is 0 Å². The number of aryl methyl sites for hydroxylation is 3. The average Bonchev–Trinajstić information content (AvgIpc) is 3.16. The quantitative estimate of drug-likeness (QED) is 0.255. The van der Waals surface area contributed by atoms with Gasteiger partial charge < -0.3 is 0 Å². The van der Waals surface area contributed by atoms with Crippen molar-refractivity contribution in [3.8, 4) is 0 Å². The predicted molar refractivity (Wildman–Crippen MR) is 125 cm³/mol. The zero-order valence-electron chi connectivity index (χ0n) is 18.0. The van der Waals surface area contributed by atoms with Crippen molar-refractivity contribution in [3.05, 3.63) is 81.7 Å². The van der Waals surface area contributed by atoms with E-state index >= 15 is 0 Å². The molecule has 1 unspecified atom stereocenters. The Morgan fingerprint density at radius 3 is 2.58 bits per heavy atom. The summed E-state index contributed by atoms with van der Waals surface area (Å²) in [6.07, 6.45) is 1.66. The standard InChI is InChI=1S/C24H24N4O2S/c1-6-11-27-22(30)18-9-7-8-10-20(18)28-23(27)25-26-24(28)31-17(5)21(29)19-13-15(3)14(2)12-16(19)4/h6-10,12-13,17H,1,11H2,2-5H3. The molecule has 158 valence electrons. The minimum atomic E-state index is -0.369. The van der Waals surface area contributed by atoms with Crippen molar-refractivity contribution in [3.63, 3.8) is 0 Å². The second-order valence-electron chi connectivity index (χ2n) is 7.72. The van der Waals surface area contributed by atoms with Gasteiger partial charge in [-0.1, -0.05) is 36.0 Å². The molecule has 1 atom stereocenters. The highest BCUT2D eigenvalue weighted by Gasteiger charge is 2.23. The normalized spacial score (nSPS) is 12.4. The van der Waals surface area contributed by atoms with E-state index in [9.17, 15) is 9.59 Å². The SMILES string of the molecule is C=CCn1c(=O)c2ccccc2n2c(SC(C)C(=O)c3cc(C)c(C)cc3C)nnc12. The first-order valence-electron chi connectivity index (χ1n) is 10.1. The molecule has 0 radical (unpaired) electrons. The fraction of sp³-hybridized carbons (Fsp3) is 0.250. The topological polar surface area (TPSA) is 69.3 Å². The number of hydrogen-bond acceptors (Lipinski definition) is 5. The number of rotatable bonds is 6. The van der Waals surface area contributed by atoms with Gasteiger partial charge in [0.05, 0.1) is 16.2 Å². The van der Waals surface area contributed by atoms with Crippen LogP contribution in [0.4, 0.5) is 0 Å². The molecule has 4 aromatic rings. The first kappa shape index (κ1) is 21.1. The lowest BCUT2D eigenvalue weighted by molar-refractivity contribution is 0.0993. The van der Waals surface area contributed by atoms with Crippen LogP contribution in [-0.2, 0) is 6.54 Å². The van der Waals surface area contributed by atoms with Crippen molar-refractivity contribution in [2.75, 3.05) is 0 Å². The number of para-hydroxylation sites is 1. The summed E-state index contributed by atoms with van der Waals surface area (Å²) in [6.45, 7) is 12.0. The van der Waals surface area contributed by atoms with Crippen molar-refractivity contribution in [2.45, 2.75) is 44.6 Å². The molecule has 2 heterocycles. The van der Waals surface area contributed by atoms with Gasteiger partial charge in [-0.05, 0) is 62.6 Å². The molecule has 2 aromatic carbocycles. The number of carbonyl (C=O) groups is 1. The molecule has 2 aromatic heterocycles. The number of fused-ring (bicyclic) bond motifs is 3. The summed E-state index contributed by atoms with van der Waals surface area (Å²) < 4.78 is 3.40. The molecule has 0 saturated carbocycles. The van der Waals surface area contributed by atoms with E-state index in [1.54, 1.807) is 16.7 Å². The van der Waals surface area contributed by atoms with Crippen molar-refractivity contribution in [1.29, 1.82) is 0 Å². The summed E-state index contributed by atoms with van der Waals surface area (Å²) in [5, 5.41) is 9.38. The number of hydrogen-bond donors (Lipinski definition) is 0. The Labute approximate surface area is 184 Å². The van der Waals surface area contributed by atoms with Gasteiger partial charge >= 0.3 is 0 Å². The number of Topliss-reactive ketones (excluding diaryl/α,β-unsaturated/α-hetero) is 1. The Balaban J connectivity index is 1.81. The number of nitrogens with zero attached hydrogens (tertiary/aromatic N) is 4. The first-order valence-corrected chi connectivity index (χ1v) is 11.0. The third-order valence-electron chi connectivity index (χ3n) is 5.55. The van der Waals surface area contributed by atoms with Crippen LogP contribution in [0.5, 0.6) is 0 Å².